The average molecular weight is 392 g/mol. The Morgan fingerprint density at radius 2 is 1.79 bits per heavy atom. The zero-order chi connectivity index (χ0) is 19.9. The van der Waals surface area contributed by atoms with Crippen molar-refractivity contribution in [3.05, 3.63) is 82.9 Å². The third-order valence-corrected chi connectivity index (χ3v) is 4.56. The number of nitriles is 1. The summed E-state index contributed by atoms with van der Waals surface area (Å²) in [7, 11) is 0. The van der Waals surface area contributed by atoms with Gasteiger partial charge in [-0.05, 0) is 34.5 Å². The molecule has 0 bridgehead atoms. The number of carbonyl (C=O) groups is 2. The van der Waals surface area contributed by atoms with Gasteiger partial charge in [0.2, 0.25) is 5.91 Å². The molecule has 0 saturated heterocycles. The van der Waals surface area contributed by atoms with Gasteiger partial charge in [-0.25, -0.2) is 0 Å². The van der Waals surface area contributed by atoms with E-state index in [9.17, 15) is 9.59 Å². The summed E-state index contributed by atoms with van der Waals surface area (Å²) in [6.07, 6.45) is 0.258. The van der Waals surface area contributed by atoms with Crippen LogP contribution in [0.5, 0.6) is 0 Å². The second kappa shape index (κ2) is 9.03. The minimum Gasteiger partial charge on any atom is -0.341 e. The third-order valence-electron chi connectivity index (χ3n) is 4.33. The van der Waals surface area contributed by atoms with E-state index in [1.54, 1.807) is 30.3 Å². The van der Waals surface area contributed by atoms with Gasteiger partial charge in [-0.15, -0.1) is 0 Å². The maximum absolute atomic E-state index is 12.9. The zero-order valence-corrected chi connectivity index (χ0v) is 15.7. The Kier molecular flexibility index (Phi) is 6.25. The van der Waals surface area contributed by atoms with Crippen LogP contribution < -0.4 is 10.6 Å². The van der Waals surface area contributed by atoms with Crippen LogP contribution in [0.1, 0.15) is 15.9 Å². The van der Waals surface area contributed by atoms with Crippen molar-refractivity contribution in [3.63, 3.8) is 0 Å². The molecule has 2 N–H and O–H groups in total. The SMILES string of the molecule is N#CCNC(=O)[C@H](Cc1cccc(Cl)c1)NC(=O)c1cccc2ccccc12. The molecule has 28 heavy (non-hydrogen) atoms. The van der Waals surface area contributed by atoms with E-state index in [1.807, 2.05) is 42.5 Å². The van der Waals surface area contributed by atoms with Gasteiger partial charge >= 0.3 is 0 Å². The van der Waals surface area contributed by atoms with Gasteiger partial charge in [-0.1, -0.05) is 60.1 Å². The molecule has 0 saturated carbocycles. The quantitative estimate of drug-likeness (QED) is 0.631. The first-order valence-corrected chi connectivity index (χ1v) is 9.14. The minimum atomic E-state index is -0.835. The van der Waals surface area contributed by atoms with Gasteiger partial charge in [0.15, 0.2) is 0 Å². The average Bonchev–Trinajstić information content (AvgIpc) is 2.71. The molecule has 5 nitrogen and oxygen atoms in total. The number of halogens is 1. The number of nitrogens with zero attached hydrogens (tertiary/aromatic N) is 1. The summed E-state index contributed by atoms with van der Waals surface area (Å²) in [6, 6.07) is 21.2. The van der Waals surface area contributed by atoms with Gasteiger partial charge < -0.3 is 10.6 Å². The molecule has 3 aromatic rings. The van der Waals surface area contributed by atoms with E-state index in [-0.39, 0.29) is 18.9 Å². The second-order valence-corrected chi connectivity index (χ2v) is 6.70. The summed E-state index contributed by atoms with van der Waals surface area (Å²) >= 11 is 6.03. The van der Waals surface area contributed by atoms with Crippen molar-refractivity contribution < 1.29 is 9.59 Å². The van der Waals surface area contributed by atoms with E-state index in [0.717, 1.165) is 16.3 Å². The molecule has 0 aliphatic carbocycles. The topological polar surface area (TPSA) is 82.0 Å². The Labute approximate surface area is 167 Å². The Bertz CT molecular complexity index is 1050. The molecule has 0 radical (unpaired) electrons. The molecule has 3 aromatic carbocycles. The highest BCUT2D eigenvalue weighted by atomic mass is 35.5. The molecule has 0 fully saturated rings. The molecule has 140 valence electrons. The molecule has 1 atom stereocenters. The van der Waals surface area contributed by atoms with Crippen molar-refractivity contribution in [1.29, 1.82) is 5.26 Å². The van der Waals surface area contributed by atoms with Gasteiger partial charge in [0.1, 0.15) is 12.6 Å². The fourth-order valence-electron chi connectivity index (χ4n) is 3.02. The van der Waals surface area contributed by atoms with Crippen LogP contribution in [0.25, 0.3) is 10.8 Å². The Morgan fingerprint density at radius 1 is 1.04 bits per heavy atom. The van der Waals surface area contributed by atoms with Crippen molar-refractivity contribution in [2.75, 3.05) is 6.54 Å². The predicted octanol–water partition coefficient (Wildman–Crippen LogP) is 3.47. The third kappa shape index (κ3) is 4.67. The van der Waals surface area contributed by atoms with Crippen LogP contribution in [0.2, 0.25) is 5.02 Å². The van der Waals surface area contributed by atoms with Crippen LogP contribution in [0.3, 0.4) is 0 Å². The van der Waals surface area contributed by atoms with Crippen molar-refractivity contribution in [1.82, 2.24) is 10.6 Å². The fourth-order valence-corrected chi connectivity index (χ4v) is 3.23. The lowest BCUT2D eigenvalue weighted by molar-refractivity contribution is -0.122. The number of fused-ring (bicyclic) bond motifs is 1. The summed E-state index contributed by atoms with van der Waals surface area (Å²) in [4.78, 5) is 25.4. The van der Waals surface area contributed by atoms with E-state index in [1.165, 1.54) is 0 Å². The summed E-state index contributed by atoms with van der Waals surface area (Å²) in [6.45, 7) is -0.130. The highest BCUT2D eigenvalue weighted by molar-refractivity contribution is 6.30. The maximum atomic E-state index is 12.9. The highest BCUT2D eigenvalue weighted by Crippen LogP contribution is 2.19. The van der Waals surface area contributed by atoms with Crippen molar-refractivity contribution in [3.8, 4) is 6.07 Å². The molecule has 6 heteroatoms. The van der Waals surface area contributed by atoms with E-state index >= 15 is 0 Å². The molecule has 0 unspecified atom stereocenters. The lowest BCUT2D eigenvalue weighted by atomic mass is 10.0. The van der Waals surface area contributed by atoms with E-state index < -0.39 is 11.9 Å². The first-order chi connectivity index (χ1) is 13.6. The van der Waals surface area contributed by atoms with Gasteiger partial charge in [0, 0.05) is 17.0 Å². The normalized spacial score (nSPS) is 11.4. The number of amides is 2. The lowest BCUT2D eigenvalue weighted by Gasteiger charge is -2.19. The van der Waals surface area contributed by atoms with Gasteiger partial charge in [0.05, 0.1) is 6.07 Å². The van der Waals surface area contributed by atoms with Crippen LogP contribution in [-0.2, 0) is 11.2 Å². The molecule has 2 amide bonds. The molecule has 0 spiro atoms. The first kappa shape index (κ1) is 19.4. The number of benzene rings is 3. The van der Waals surface area contributed by atoms with Gasteiger partial charge in [0.25, 0.3) is 5.91 Å². The predicted molar refractivity (Wildman–Crippen MR) is 109 cm³/mol. The largest absolute Gasteiger partial charge is 0.341 e. The van der Waals surface area contributed by atoms with E-state index in [4.69, 9.17) is 16.9 Å². The molecular weight excluding hydrogens is 374 g/mol. The minimum absolute atomic E-state index is 0.130. The smallest absolute Gasteiger partial charge is 0.252 e. The Morgan fingerprint density at radius 3 is 2.57 bits per heavy atom. The van der Waals surface area contributed by atoms with Gasteiger partial charge in [-0.2, -0.15) is 5.26 Å². The number of carbonyl (C=O) groups excluding carboxylic acids is 2. The fraction of sp³-hybridized carbons (Fsp3) is 0.136. The molecule has 0 aromatic heterocycles. The van der Waals surface area contributed by atoms with Crippen LogP contribution in [0.4, 0.5) is 0 Å². The molecule has 0 heterocycles. The standard InChI is InChI=1S/C22H18ClN3O2/c23-17-8-3-5-15(13-17)14-20(22(28)25-12-11-24)26-21(27)19-10-4-7-16-6-1-2-9-18(16)19/h1-10,13,20H,12,14H2,(H,25,28)(H,26,27)/t20-/m0/s1. The highest BCUT2D eigenvalue weighted by Gasteiger charge is 2.22. The Balaban J connectivity index is 1.86. The summed E-state index contributed by atoms with van der Waals surface area (Å²) in [5.41, 5.74) is 1.30. The molecule has 3 rings (SSSR count). The summed E-state index contributed by atoms with van der Waals surface area (Å²) in [5.74, 6) is -0.772. The Hall–Kier alpha value is -3.36. The second-order valence-electron chi connectivity index (χ2n) is 6.26. The first-order valence-electron chi connectivity index (χ1n) is 8.76. The molecule has 0 aliphatic heterocycles. The number of nitrogens with one attached hydrogen (secondary N) is 2. The van der Waals surface area contributed by atoms with Crippen molar-refractivity contribution in [2.45, 2.75) is 12.5 Å². The van der Waals surface area contributed by atoms with Crippen molar-refractivity contribution >= 4 is 34.2 Å². The van der Waals surface area contributed by atoms with E-state index in [2.05, 4.69) is 10.6 Å². The van der Waals surface area contributed by atoms with Crippen LogP contribution >= 0.6 is 11.6 Å². The number of hydrogen-bond donors (Lipinski definition) is 2. The number of rotatable bonds is 6. The van der Waals surface area contributed by atoms with Crippen LogP contribution in [-0.4, -0.2) is 24.4 Å². The summed E-state index contributed by atoms with van der Waals surface area (Å²) < 4.78 is 0. The van der Waals surface area contributed by atoms with E-state index in [0.29, 0.717) is 10.6 Å². The molecular formula is C22H18ClN3O2. The maximum Gasteiger partial charge on any atom is 0.252 e. The van der Waals surface area contributed by atoms with Gasteiger partial charge in [-0.3, -0.25) is 9.59 Å². The van der Waals surface area contributed by atoms with Crippen LogP contribution in [0, 0.1) is 11.3 Å². The summed E-state index contributed by atoms with van der Waals surface area (Å²) in [5, 5.41) is 16.3. The van der Waals surface area contributed by atoms with Crippen LogP contribution in [0.15, 0.2) is 66.7 Å². The monoisotopic (exact) mass is 391 g/mol. The lowest BCUT2D eigenvalue weighted by Crippen LogP contribution is -2.48. The van der Waals surface area contributed by atoms with Crippen molar-refractivity contribution in [2.24, 2.45) is 0 Å². The number of hydrogen-bond acceptors (Lipinski definition) is 3. The zero-order valence-electron chi connectivity index (χ0n) is 15.0. The molecule has 0 aliphatic rings.